The Morgan fingerprint density at radius 1 is 1.27 bits per heavy atom. The summed E-state index contributed by atoms with van der Waals surface area (Å²) in [5.41, 5.74) is 2.28. The summed E-state index contributed by atoms with van der Waals surface area (Å²) in [6.45, 7) is 7.05. The molecule has 3 atom stereocenters. The summed E-state index contributed by atoms with van der Waals surface area (Å²) >= 11 is 0. The van der Waals surface area contributed by atoms with E-state index in [-0.39, 0.29) is 5.91 Å². The highest BCUT2D eigenvalue weighted by Crippen LogP contribution is 2.29. The number of carbonyl (C=O) groups is 1. The Kier molecular flexibility index (Phi) is 4.23. The summed E-state index contributed by atoms with van der Waals surface area (Å²) < 4.78 is 2.11. The van der Waals surface area contributed by atoms with E-state index in [1.165, 1.54) is 18.2 Å². The summed E-state index contributed by atoms with van der Waals surface area (Å²) in [5.74, 6) is 1.41. The second-order valence-electron chi connectivity index (χ2n) is 6.87. The third-order valence-corrected chi connectivity index (χ3v) is 5.37. The number of benzene rings is 1. The number of aromatic nitrogens is 1. The SMILES string of the molecule is Cc1cc2ccccc2n1CC(=O)N[C@H]1CCC[C@H](C)[C@@H]1C. The smallest absolute Gasteiger partial charge is 0.240 e. The Labute approximate surface area is 132 Å². The normalized spacial score (nSPS) is 25.3. The molecule has 118 valence electrons. The van der Waals surface area contributed by atoms with Crippen LogP contribution in [0.3, 0.4) is 0 Å². The maximum Gasteiger partial charge on any atom is 0.240 e. The van der Waals surface area contributed by atoms with Gasteiger partial charge in [-0.25, -0.2) is 0 Å². The van der Waals surface area contributed by atoms with E-state index < -0.39 is 0 Å². The zero-order valence-electron chi connectivity index (χ0n) is 13.8. The Bertz CT molecular complexity index is 673. The highest BCUT2D eigenvalue weighted by Gasteiger charge is 2.28. The molecule has 0 spiro atoms. The van der Waals surface area contributed by atoms with Gasteiger partial charge < -0.3 is 9.88 Å². The minimum absolute atomic E-state index is 0.135. The van der Waals surface area contributed by atoms with Gasteiger partial charge in [-0.1, -0.05) is 44.9 Å². The average Bonchev–Trinajstić information content (AvgIpc) is 2.80. The number of nitrogens with one attached hydrogen (secondary N) is 1. The Morgan fingerprint density at radius 3 is 2.86 bits per heavy atom. The molecule has 0 unspecified atom stereocenters. The number of nitrogens with zero attached hydrogens (tertiary/aromatic N) is 1. The van der Waals surface area contributed by atoms with Crippen LogP contribution in [0.15, 0.2) is 30.3 Å². The van der Waals surface area contributed by atoms with Crippen LogP contribution in [-0.2, 0) is 11.3 Å². The van der Waals surface area contributed by atoms with Crippen molar-refractivity contribution in [1.82, 2.24) is 9.88 Å². The van der Waals surface area contributed by atoms with Crippen LogP contribution in [0.2, 0.25) is 0 Å². The quantitative estimate of drug-likeness (QED) is 0.916. The molecule has 3 heteroatoms. The average molecular weight is 298 g/mol. The van der Waals surface area contributed by atoms with E-state index in [4.69, 9.17) is 0 Å². The highest BCUT2D eigenvalue weighted by atomic mass is 16.2. The molecule has 1 heterocycles. The van der Waals surface area contributed by atoms with Crippen LogP contribution in [0.5, 0.6) is 0 Å². The molecular weight excluding hydrogens is 272 g/mol. The third-order valence-electron chi connectivity index (χ3n) is 5.37. The molecule has 1 aromatic heterocycles. The van der Waals surface area contributed by atoms with Gasteiger partial charge in [0, 0.05) is 17.3 Å². The Hall–Kier alpha value is -1.77. The van der Waals surface area contributed by atoms with Gasteiger partial charge in [0.05, 0.1) is 0 Å². The van der Waals surface area contributed by atoms with Gasteiger partial charge in [0.2, 0.25) is 5.91 Å². The molecular formula is C19H26N2O. The highest BCUT2D eigenvalue weighted by molar-refractivity contribution is 5.84. The van der Waals surface area contributed by atoms with Crippen molar-refractivity contribution in [2.45, 2.75) is 52.6 Å². The molecule has 1 N–H and O–H groups in total. The number of para-hydroxylation sites is 1. The fourth-order valence-corrected chi connectivity index (χ4v) is 3.74. The molecule has 1 amide bonds. The molecule has 3 rings (SSSR count). The summed E-state index contributed by atoms with van der Waals surface area (Å²) in [5, 5.41) is 4.47. The van der Waals surface area contributed by atoms with Gasteiger partial charge in [-0.05, 0) is 42.7 Å². The molecule has 1 saturated carbocycles. The lowest BCUT2D eigenvalue weighted by molar-refractivity contribution is -0.123. The molecule has 0 bridgehead atoms. The topological polar surface area (TPSA) is 34.0 Å². The molecule has 1 aliphatic rings. The van der Waals surface area contributed by atoms with Gasteiger partial charge in [0.1, 0.15) is 6.54 Å². The fraction of sp³-hybridized carbons (Fsp3) is 0.526. The molecule has 1 fully saturated rings. The van der Waals surface area contributed by atoms with Crippen LogP contribution in [0, 0.1) is 18.8 Å². The van der Waals surface area contributed by atoms with Crippen LogP contribution in [0.1, 0.15) is 38.8 Å². The summed E-state index contributed by atoms with van der Waals surface area (Å²) in [7, 11) is 0. The lowest BCUT2D eigenvalue weighted by atomic mass is 9.78. The zero-order valence-corrected chi connectivity index (χ0v) is 13.8. The van der Waals surface area contributed by atoms with Crippen molar-refractivity contribution in [2.24, 2.45) is 11.8 Å². The van der Waals surface area contributed by atoms with Crippen molar-refractivity contribution >= 4 is 16.8 Å². The van der Waals surface area contributed by atoms with Crippen molar-refractivity contribution in [3.05, 3.63) is 36.0 Å². The molecule has 2 aromatic rings. The van der Waals surface area contributed by atoms with Crippen molar-refractivity contribution < 1.29 is 4.79 Å². The lowest BCUT2D eigenvalue weighted by Crippen LogP contribution is -2.44. The lowest BCUT2D eigenvalue weighted by Gasteiger charge is -2.34. The largest absolute Gasteiger partial charge is 0.352 e. The molecule has 1 aromatic carbocycles. The van der Waals surface area contributed by atoms with E-state index in [0.717, 1.165) is 17.6 Å². The predicted molar refractivity (Wildman–Crippen MR) is 90.8 cm³/mol. The fourth-order valence-electron chi connectivity index (χ4n) is 3.74. The monoisotopic (exact) mass is 298 g/mol. The Balaban J connectivity index is 1.72. The van der Waals surface area contributed by atoms with Crippen molar-refractivity contribution in [1.29, 1.82) is 0 Å². The van der Waals surface area contributed by atoms with Crippen molar-refractivity contribution in [3.8, 4) is 0 Å². The van der Waals surface area contributed by atoms with Crippen molar-refractivity contribution in [3.63, 3.8) is 0 Å². The number of fused-ring (bicyclic) bond motifs is 1. The summed E-state index contributed by atoms with van der Waals surface area (Å²) in [6.07, 6.45) is 3.62. The van der Waals surface area contributed by atoms with Gasteiger partial charge in [-0.2, -0.15) is 0 Å². The van der Waals surface area contributed by atoms with E-state index in [0.29, 0.717) is 24.4 Å². The minimum Gasteiger partial charge on any atom is -0.352 e. The van der Waals surface area contributed by atoms with E-state index >= 15 is 0 Å². The summed E-state index contributed by atoms with van der Waals surface area (Å²) in [6, 6.07) is 10.7. The van der Waals surface area contributed by atoms with E-state index in [9.17, 15) is 4.79 Å². The van der Waals surface area contributed by atoms with Gasteiger partial charge in [0.15, 0.2) is 0 Å². The zero-order chi connectivity index (χ0) is 15.7. The first-order valence-corrected chi connectivity index (χ1v) is 8.40. The van der Waals surface area contributed by atoms with Crippen LogP contribution < -0.4 is 5.32 Å². The van der Waals surface area contributed by atoms with E-state index in [1.807, 2.05) is 12.1 Å². The minimum atomic E-state index is 0.135. The first-order valence-electron chi connectivity index (χ1n) is 8.40. The number of aryl methyl sites for hydroxylation is 1. The predicted octanol–water partition coefficient (Wildman–Crippen LogP) is 3.89. The summed E-state index contributed by atoms with van der Waals surface area (Å²) in [4.78, 5) is 12.5. The van der Waals surface area contributed by atoms with Crippen LogP contribution in [-0.4, -0.2) is 16.5 Å². The van der Waals surface area contributed by atoms with Gasteiger partial charge in [0.25, 0.3) is 0 Å². The van der Waals surface area contributed by atoms with Gasteiger partial charge >= 0.3 is 0 Å². The van der Waals surface area contributed by atoms with Gasteiger partial charge in [-0.3, -0.25) is 4.79 Å². The van der Waals surface area contributed by atoms with Crippen LogP contribution in [0.4, 0.5) is 0 Å². The molecule has 0 saturated heterocycles. The number of amides is 1. The molecule has 22 heavy (non-hydrogen) atoms. The van der Waals surface area contributed by atoms with Gasteiger partial charge in [-0.15, -0.1) is 0 Å². The number of hydrogen-bond acceptors (Lipinski definition) is 1. The molecule has 0 radical (unpaired) electrons. The standard InChI is InChI=1S/C19H26N2O/c1-13-7-6-9-17(15(13)3)20-19(22)12-21-14(2)11-16-8-4-5-10-18(16)21/h4-5,8,10-11,13,15,17H,6-7,9,12H2,1-3H3,(H,20,22)/t13-,15-,17-/m0/s1. The maximum absolute atomic E-state index is 12.5. The third kappa shape index (κ3) is 2.90. The second kappa shape index (κ2) is 6.15. The maximum atomic E-state index is 12.5. The number of hydrogen-bond donors (Lipinski definition) is 1. The Morgan fingerprint density at radius 2 is 2.05 bits per heavy atom. The van der Waals surface area contributed by atoms with E-state index in [1.54, 1.807) is 0 Å². The molecule has 3 nitrogen and oxygen atoms in total. The van der Waals surface area contributed by atoms with Crippen LogP contribution in [0.25, 0.3) is 10.9 Å². The molecule has 0 aliphatic heterocycles. The van der Waals surface area contributed by atoms with E-state index in [2.05, 4.69) is 48.9 Å². The molecule has 1 aliphatic carbocycles. The first-order chi connectivity index (χ1) is 10.6. The van der Waals surface area contributed by atoms with Crippen molar-refractivity contribution in [2.75, 3.05) is 0 Å². The number of rotatable bonds is 3. The second-order valence-corrected chi connectivity index (χ2v) is 6.87. The first kappa shape index (κ1) is 15.1. The number of carbonyl (C=O) groups excluding carboxylic acids is 1. The van der Waals surface area contributed by atoms with Crippen LogP contribution >= 0.6 is 0 Å².